The fourth-order valence-electron chi connectivity index (χ4n) is 1.26. The maximum absolute atomic E-state index is 11.1. The average Bonchev–Trinajstić information content (AvgIpc) is 2.02. The van der Waals surface area contributed by atoms with E-state index in [1.807, 2.05) is 0 Å². The molecule has 0 aromatic rings. The summed E-state index contributed by atoms with van der Waals surface area (Å²) in [5.74, 6) is -1.29. The van der Waals surface area contributed by atoms with Gasteiger partial charge in [0, 0.05) is 13.1 Å². The molecule has 0 atom stereocenters. The van der Waals surface area contributed by atoms with Crippen molar-refractivity contribution in [3.05, 3.63) is 0 Å². The lowest BCUT2D eigenvalue weighted by Crippen LogP contribution is -2.40. The van der Waals surface area contributed by atoms with Gasteiger partial charge in [-0.15, -0.1) is 0 Å². The molecule has 1 aliphatic rings. The molecular weight excluding hydrogens is 210 g/mol. The van der Waals surface area contributed by atoms with Crippen LogP contribution in [0.1, 0.15) is 0 Å². The van der Waals surface area contributed by atoms with Crippen molar-refractivity contribution in [2.75, 3.05) is 38.6 Å². The summed E-state index contributed by atoms with van der Waals surface area (Å²) in [6.07, 6.45) is 0. The molecule has 0 aromatic carbocycles. The standard InChI is InChI=1S/C7H13NO5S/c9-7(6-14(10,11)12)5-8-1-3-13-4-2-8/h1-6H2,(H,10,11,12). The molecule has 0 spiro atoms. The van der Waals surface area contributed by atoms with E-state index in [-0.39, 0.29) is 6.54 Å². The van der Waals surface area contributed by atoms with Crippen LogP contribution in [0.2, 0.25) is 0 Å². The van der Waals surface area contributed by atoms with E-state index < -0.39 is 21.7 Å². The number of rotatable bonds is 4. The number of hydrogen-bond donors (Lipinski definition) is 1. The average molecular weight is 223 g/mol. The zero-order valence-electron chi connectivity index (χ0n) is 7.68. The van der Waals surface area contributed by atoms with Crippen LogP contribution in [0.15, 0.2) is 0 Å². The number of hydrogen-bond acceptors (Lipinski definition) is 5. The second-order valence-electron chi connectivity index (χ2n) is 3.15. The lowest BCUT2D eigenvalue weighted by Gasteiger charge is -2.25. The first kappa shape index (κ1) is 11.6. The van der Waals surface area contributed by atoms with E-state index in [0.717, 1.165) is 0 Å². The Balaban J connectivity index is 2.32. The van der Waals surface area contributed by atoms with E-state index in [1.54, 1.807) is 4.90 Å². The minimum atomic E-state index is -4.18. The third kappa shape index (κ3) is 4.66. The molecule has 82 valence electrons. The van der Waals surface area contributed by atoms with Gasteiger partial charge in [-0.3, -0.25) is 14.2 Å². The SMILES string of the molecule is O=C(CN1CCOCC1)CS(=O)(=O)O. The van der Waals surface area contributed by atoms with Gasteiger partial charge in [0.25, 0.3) is 10.1 Å². The summed E-state index contributed by atoms with van der Waals surface area (Å²) < 4.78 is 34.2. The molecule has 14 heavy (non-hydrogen) atoms. The van der Waals surface area contributed by atoms with E-state index in [1.165, 1.54) is 0 Å². The molecule has 0 aromatic heterocycles. The van der Waals surface area contributed by atoms with Crippen LogP contribution in [0.5, 0.6) is 0 Å². The van der Waals surface area contributed by atoms with Crippen LogP contribution in [-0.2, 0) is 19.6 Å². The molecular formula is C7H13NO5S. The summed E-state index contributed by atoms with van der Waals surface area (Å²) in [4.78, 5) is 12.9. The maximum Gasteiger partial charge on any atom is 0.272 e. The molecule has 1 heterocycles. The number of ether oxygens (including phenoxy) is 1. The van der Waals surface area contributed by atoms with Crippen molar-refractivity contribution in [1.29, 1.82) is 0 Å². The van der Waals surface area contributed by atoms with Crippen LogP contribution in [0.4, 0.5) is 0 Å². The predicted molar refractivity (Wildman–Crippen MR) is 48.7 cm³/mol. The van der Waals surface area contributed by atoms with Crippen molar-refractivity contribution < 1.29 is 22.5 Å². The highest BCUT2D eigenvalue weighted by Crippen LogP contribution is 1.97. The number of carbonyl (C=O) groups excluding carboxylic acids is 1. The summed E-state index contributed by atoms with van der Waals surface area (Å²) >= 11 is 0. The Morgan fingerprint density at radius 3 is 2.43 bits per heavy atom. The highest BCUT2D eigenvalue weighted by atomic mass is 32.2. The summed E-state index contributed by atoms with van der Waals surface area (Å²) in [6, 6.07) is 0. The molecule has 0 aliphatic carbocycles. The molecule has 0 bridgehead atoms. The number of morpholine rings is 1. The van der Waals surface area contributed by atoms with Gasteiger partial charge in [-0.25, -0.2) is 0 Å². The van der Waals surface area contributed by atoms with Crippen molar-refractivity contribution in [2.24, 2.45) is 0 Å². The third-order valence-electron chi connectivity index (χ3n) is 1.85. The second kappa shape index (κ2) is 4.83. The van der Waals surface area contributed by atoms with Gasteiger partial charge in [-0.2, -0.15) is 8.42 Å². The number of ketones is 1. The Hall–Kier alpha value is -0.500. The molecule has 1 fully saturated rings. The van der Waals surface area contributed by atoms with E-state index in [4.69, 9.17) is 9.29 Å². The van der Waals surface area contributed by atoms with E-state index >= 15 is 0 Å². The molecule has 6 nitrogen and oxygen atoms in total. The van der Waals surface area contributed by atoms with Gasteiger partial charge in [0.1, 0.15) is 5.75 Å². The van der Waals surface area contributed by atoms with E-state index in [0.29, 0.717) is 26.3 Å². The Kier molecular flexibility index (Phi) is 3.99. The largest absolute Gasteiger partial charge is 0.379 e. The predicted octanol–water partition coefficient (Wildman–Crippen LogP) is -1.22. The minimum absolute atomic E-state index is 0.0587. The lowest BCUT2D eigenvalue weighted by atomic mass is 10.3. The van der Waals surface area contributed by atoms with Gasteiger partial charge < -0.3 is 4.74 Å². The fourth-order valence-corrected chi connectivity index (χ4v) is 1.76. The number of Topliss-reactive ketones (excluding diaryl/α,β-unsaturated/α-hetero) is 1. The summed E-state index contributed by atoms with van der Waals surface area (Å²) in [7, 11) is -4.18. The first-order chi connectivity index (χ1) is 6.47. The molecule has 0 saturated carbocycles. The molecule has 1 saturated heterocycles. The first-order valence-corrected chi connectivity index (χ1v) is 5.85. The monoisotopic (exact) mass is 223 g/mol. The molecule has 0 unspecified atom stereocenters. The van der Waals surface area contributed by atoms with Gasteiger partial charge >= 0.3 is 0 Å². The van der Waals surface area contributed by atoms with Crippen molar-refractivity contribution in [3.8, 4) is 0 Å². The van der Waals surface area contributed by atoms with Crippen molar-refractivity contribution in [1.82, 2.24) is 4.90 Å². The molecule has 0 amide bonds. The van der Waals surface area contributed by atoms with E-state index in [9.17, 15) is 13.2 Å². The highest BCUT2D eigenvalue weighted by molar-refractivity contribution is 7.86. The summed E-state index contributed by atoms with van der Waals surface area (Å²) in [5, 5.41) is 0. The van der Waals surface area contributed by atoms with Crippen molar-refractivity contribution >= 4 is 15.9 Å². The van der Waals surface area contributed by atoms with Crippen LogP contribution in [-0.4, -0.2) is 62.3 Å². The van der Waals surface area contributed by atoms with Gasteiger partial charge in [0.2, 0.25) is 0 Å². The highest BCUT2D eigenvalue weighted by Gasteiger charge is 2.18. The molecule has 1 N–H and O–H groups in total. The molecule has 7 heteroatoms. The number of carbonyl (C=O) groups is 1. The lowest BCUT2D eigenvalue weighted by molar-refractivity contribution is -0.118. The Labute approximate surface area is 82.6 Å². The van der Waals surface area contributed by atoms with Crippen LogP contribution in [0, 0.1) is 0 Å². The Bertz CT molecular complexity index is 293. The normalized spacial score (nSPS) is 19.5. The van der Waals surface area contributed by atoms with Crippen LogP contribution < -0.4 is 0 Å². The minimum Gasteiger partial charge on any atom is -0.379 e. The Morgan fingerprint density at radius 1 is 1.36 bits per heavy atom. The smallest absolute Gasteiger partial charge is 0.272 e. The zero-order chi connectivity index (χ0) is 10.6. The van der Waals surface area contributed by atoms with Crippen molar-refractivity contribution in [2.45, 2.75) is 0 Å². The second-order valence-corrected chi connectivity index (χ2v) is 4.61. The van der Waals surface area contributed by atoms with Crippen LogP contribution in [0.3, 0.4) is 0 Å². The summed E-state index contributed by atoms with van der Waals surface area (Å²) in [6.45, 7) is 2.41. The molecule has 1 aliphatic heterocycles. The quantitative estimate of drug-likeness (QED) is 0.601. The zero-order valence-corrected chi connectivity index (χ0v) is 8.49. The van der Waals surface area contributed by atoms with Crippen molar-refractivity contribution in [3.63, 3.8) is 0 Å². The van der Waals surface area contributed by atoms with Crippen LogP contribution in [0.25, 0.3) is 0 Å². The van der Waals surface area contributed by atoms with Gasteiger partial charge in [-0.1, -0.05) is 0 Å². The number of nitrogens with zero attached hydrogens (tertiary/aromatic N) is 1. The van der Waals surface area contributed by atoms with Gasteiger partial charge in [0.15, 0.2) is 5.78 Å². The molecule has 1 rings (SSSR count). The third-order valence-corrected chi connectivity index (χ3v) is 2.53. The first-order valence-electron chi connectivity index (χ1n) is 4.24. The topological polar surface area (TPSA) is 83.9 Å². The summed E-state index contributed by atoms with van der Waals surface area (Å²) in [5.41, 5.74) is 0. The van der Waals surface area contributed by atoms with Crippen LogP contribution >= 0.6 is 0 Å². The van der Waals surface area contributed by atoms with Gasteiger partial charge in [-0.05, 0) is 0 Å². The van der Waals surface area contributed by atoms with Gasteiger partial charge in [0.05, 0.1) is 19.8 Å². The fraction of sp³-hybridized carbons (Fsp3) is 0.857. The van der Waals surface area contributed by atoms with E-state index in [2.05, 4.69) is 0 Å². The Morgan fingerprint density at radius 2 is 1.93 bits per heavy atom. The molecule has 0 radical (unpaired) electrons. The maximum atomic E-state index is 11.1.